The normalized spacial score (nSPS) is 12.7. The topological polar surface area (TPSA) is 95.9 Å². The van der Waals surface area contributed by atoms with Gasteiger partial charge in [-0.15, -0.1) is 0 Å². The van der Waals surface area contributed by atoms with Crippen LogP contribution >= 0.6 is 0 Å². The van der Waals surface area contributed by atoms with E-state index >= 15 is 0 Å². The quantitative estimate of drug-likeness (QED) is 0.0320. The molecule has 78 heavy (non-hydrogen) atoms. The van der Waals surface area contributed by atoms with E-state index < -0.39 is 12.1 Å². The smallest absolute Gasteiger partial charge is 0.305 e. The number of unbranched alkanes of at least 4 members (excludes halogenated alkanes) is 49. The zero-order valence-electron chi connectivity index (χ0n) is 52.7. The molecule has 0 aliphatic rings. The van der Waals surface area contributed by atoms with Crippen LogP contribution in [0.25, 0.3) is 0 Å². The summed E-state index contributed by atoms with van der Waals surface area (Å²) in [5, 5.41) is 23.3. The number of rotatable bonds is 66. The number of nitrogens with one attached hydrogen (secondary N) is 1. The average molecular weight is 1100 g/mol. The second-order valence-corrected chi connectivity index (χ2v) is 24.2. The van der Waals surface area contributed by atoms with Gasteiger partial charge >= 0.3 is 5.97 Å². The van der Waals surface area contributed by atoms with E-state index in [1.807, 2.05) is 0 Å². The molecule has 2 atom stereocenters. The molecule has 6 heteroatoms. The lowest BCUT2D eigenvalue weighted by molar-refractivity contribution is -0.143. The van der Waals surface area contributed by atoms with Crippen molar-refractivity contribution in [3.63, 3.8) is 0 Å². The second kappa shape index (κ2) is 67.6. The number of allylic oxidation sites excluding steroid dienone is 6. The van der Waals surface area contributed by atoms with E-state index in [9.17, 15) is 19.8 Å². The maximum Gasteiger partial charge on any atom is 0.305 e. The van der Waals surface area contributed by atoms with Crippen molar-refractivity contribution in [1.82, 2.24) is 5.32 Å². The SMILES string of the molecule is CCCCCCCC/C=C\CCCCCCCCCC(=O)OCCCCCCCCCCC/C=C\C/C=C\CCCCCCCCCCCCCCCC(=O)NC(CO)C(O)CCCCCCCCCCCCCCCCC. The van der Waals surface area contributed by atoms with E-state index in [1.54, 1.807) is 0 Å². The number of hydrogen-bond donors (Lipinski definition) is 3. The lowest BCUT2D eigenvalue weighted by atomic mass is 10.0. The Kier molecular flexibility index (Phi) is 65.9. The minimum Gasteiger partial charge on any atom is -0.466 e. The number of carbonyl (C=O) groups excluding carboxylic acids is 2. The molecule has 0 heterocycles. The molecular weight excluding hydrogens is 959 g/mol. The zero-order valence-corrected chi connectivity index (χ0v) is 52.7. The predicted octanol–water partition coefficient (Wildman–Crippen LogP) is 22.7. The van der Waals surface area contributed by atoms with E-state index in [1.165, 1.54) is 302 Å². The van der Waals surface area contributed by atoms with Crippen LogP contribution in [0.3, 0.4) is 0 Å². The highest BCUT2D eigenvalue weighted by molar-refractivity contribution is 5.76. The van der Waals surface area contributed by atoms with Crippen molar-refractivity contribution in [3.8, 4) is 0 Å². The molecular formula is C72H137NO5. The van der Waals surface area contributed by atoms with Crippen molar-refractivity contribution in [2.75, 3.05) is 13.2 Å². The average Bonchev–Trinajstić information content (AvgIpc) is 3.44. The van der Waals surface area contributed by atoms with Gasteiger partial charge in [-0.3, -0.25) is 9.59 Å². The van der Waals surface area contributed by atoms with Crippen LogP contribution in [0.15, 0.2) is 36.5 Å². The van der Waals surface area contributed by atoms with E-state index in [4.69, 9.17) is 4.74 Å². The van der Waals surface area contributed by atoms with Crippen LogP contribution in [0.5, 0.6) is 0 Å². The number of amides is 1. The molecule has 1 amide bonds. The Labute approximate surface area is 487 Å². The van der Waals surface area contributed by atoms with Crippen LogP contribution < -0.4 is 5.32 Å². The highest BCUT2D eigenvalue weighted by atomic mass is 16.5. The first kappa shape index (κ1) is 76.1. The monoisotopic (exact) mass is 1100 g/mol. The molecule has 0 rings (SSSR count). The van der Waals surface area contributed by atoms with Gasteiger partial charge < -0.3 is 20.3 Å². The molecule has 0 aromatic heterocycles. The second-order valence-electron chi connectivity index (χ2n) is 24.2. The van der Waals surface area contributed by atoms with Crippen molar-refractivity contribution in [3.05, 3.63) is 36.5 Å². The summed E-state index contributed by atoms with van der Waals surface area (Å²) in [7, 11) is 0. The van der Waals surface area contributed by atoms with Gasteiger partial charge in [0.05, 0.1) is 25.4 Å². The largest absolute Gasteiger partial charge is 0.466 e. The molecule has 0 aliphatic heterocycles. The Morgan fingerprint density at radius 2 is 0.641 bits per heavy atom. The summed E-state index contributed by atoms with van der Waals surface area (Å²) in [4.78, 5) is 24.6. The summed E-state index contributed by atoms with van der Waals surface area (Å²) in [5.74, 6) is -0.0246. The van der Waals surface area contributed by atoms with Gasteiger partial charge in [0.25, 0.3) is 0 Å². The van der Waals surface area contributed by atoms with Crippen molar-refractivity contribution in [2.24, 2.45) is 0 Å². The van der Waals surface area contributed by atoms with Gasteiger partial charge in [0, 0.05) is 12.8 Å². The number of esters is 1. The Morgan fingerprint density at radius 1 is 0.359 bits per heavy atom. The molecule has 0 bridgehead atoms. The lowest BCUT2D eigenvalue weighted by Gasteiger charge is -2.22. The van der Waals surface area contributed by atoms with Crippen molar-refractivity contribution in [2.45, 2.75) is 398 Å². The number of aliphatic hydroxyl groups is 2. The number of aliphatic hydroxyl groups excluding tert-OH is 2. The summed E-state index contributed by atoms with van der Waals surface area (Å²) in [6, 6.07) is -0.542. The Morgan fingerprint density at radius 3 is 0.987 bits per heavy atom. The summed E-state index contributed by atoms with van der Waals surface area (Å²) < 4.78 is 5.50. The van der Waals surface area contributed by atoms with Gasteiger partial charge in [-0.2, -0.15) is 0 Å². The van der Waals surface area contributed by atoms with Crippen LogP contribution in [0, 0.1) is 0 Å². The molecule has 3 N–H and O–H groups in total. The summed E-state index contributed by atoms with van der Waals surface area (Å²) >= 11 is 0. The molecule has 0 aromatic carbocycles. The highest BCUT2D eigenvalue weighted by Crippen LogP contribution is 2.18. The summed E-state index contributed by atoms with van der Waals surface area (Å²) in [6.45, 7) is 4.97. The minimum absolute atomic E-state index is 0.00911. The van der Waals surface area contributed by atoms with E-state index in [0.717, 1.165) is 51.4 Å². The molecule has 2 unspecified atom stereocenters. The van der Waals surface area contributed by atoms with E-state index in [-0.39, 0.29) is 18.5 Å². The fourth-order valence-corrected chi connectivity index (χ4v) is 11.0. The number of carbonyl (C=O) groups is 2. The third kappa shape index (κ3) is 63.3. The van der Waals surface area contributed by atoms with Gasteiger partial charge in [-0.05, 0) is 83.5 Å². The van der Waals surface area contributed by atoms with Crippen LogP contribution in [0.2, 0.25) is 0 Å². The number of ether oxygens (including phenoxy) is 1. The number of hydrogen-bond acceptors (Lipinski definition) is 5. The third-order valence-corrected chi connectivity index (χ3v) is 16.4. The fourth-order valence-electron chi connectivity index (χ4n) is 11.0. The van der Waals surface area contributed by atoms with E-state index in [0.29, 0.717) is 25.9 Å². The molecule has 0 aromatic rings. The maximum atomic E-state index is 12.5. The highest BCUT2D eigenvalue weighted by Gasteiger charge is 2.20. The van der Waals surface area contributed by atoms with Crippen molar-refractivity contribution >= 4 is 11.9 Å². The van der Waals surface area contributed by atoms with Crippen molar-refractivity contribution < 1.29 is 24.5 Å². The van der Waals surface area contributed by atoms with Crippen LogP contribution in [0.4, 0.5) is 0 Å². The predicted molar refractivity (Wildman–Crippen MR) is 343 cm³/mol. The Balaban J connectivity index is 3.39. The molecule has 0 aliphatic carbocycles. The van der Waals surface area contributed by atoms with Crippen molar-refractivity contribution in [1.29, 1.82) is 0 Å². The lowest BCUT2D eigenvalue weighted by Crippen LogP contribution is -2.45. The van der Waals surface area contributed by atoms with Gasteiger partial charge in [0.15, 0.2) is 0 Å². The van der Waals surface area contributed by atoms with Gasteiger partial charge in [-0.25, -0.2) is 0 Å². The summed E-state index contributed by atoms with van der Waals surface area (Å²) in [6.07, 6.45) is 86.2. The van der Waals surface area contributed by atoms with Crippen LogP contribution in [-0.4, -0.2) is 47.4 Å². The van der Waals surface area contributed by atoms with Gasteiger partial charge in [0.1, 0.15) is 0 Å². The van der Waals surface area contributed by atoms with Crippen LogP contribution in [0.1, 0.15) is 386 Å². The molecule has 0 saturated heterocycles. The first-order valence-electron chi connectivity index (χ1n) is 35.2. The van der Waals surface area contributed by atoms with Gasteiger partial charge in [-0.1, -0.05) is 326 Å². The maximum absolute atomic E-state index is 12.5. The molecule has 0 saturated carbocycles. The fraction of sp³-hybridized carbons (Fsp3) is 0.889. The first-order valence-corrected chi connectivity index (χ1v) is 35.2. The molecule has 0 radical (unpaired) electrons. The Hall–Kier alpha value is -1.92. The van der Waals surface area contributed by atoms with Crippen LogP contribution in [-0.2, 0) is 14.3 Å². The molecule has 0 spiro atoms. The van der Waals surface area contributed by atoms with E-state index in [2.05, 4.69) is 55.6 Å². The molecule has 6 nitrogen and oxygen atoms in total. The zero-order chi connectivity index (χ0) is 56.4. The molecule has 460 valence electrons. The third-order valence-electron chi connectivity index (χ3n) is 16.4. The standard InChI is InChI=1S/C72H137NO5/c1-3-5-7-9-11-13-15-17-19-33-38-42-46-50-54-58-62-66-72(77)78-67-63-59-55-51-47-43-39-35-32-30-28-26-24-22-20-21-23-25-27-29-31-34-37-41-45-49-53-57-61-65-71(76)73-69(68-74)70(75)64-60-56-52-48-44-40-36-18-16-14-12-10-8-6-4-2/h17,19-20,22,26,28,69-70,74-75H,3-16,18,21,23-25,27,29-68H2,1-2H3,(H,73,76)/b19-17-,22-20-,28-26-. The van der Waals surface area contributed by atoms with Gasteiger partial charge in [0.2, 0.25) is 5.91 Å². The molecule has 0 fully saturated rings. The Bertz CT molecular complexity index is 1260. The minimum atomic E-state index is -0.665. The first-order chi connectivity index (χ1) is 38.5. The summed E-state index contributed by atoms with van der Waals surface area (Å²) in [5.41, 5.74) is 0.